The third kappa shape index (κ3) is 3.22. The topological polar surface area (TPSA) is 76.0 Å². The molecule has 0 spiro atoms. The first kappa shape index (κ1) is 10.9. The Morgan fingerprint density at radius 1 is 1.40 bits per heavy atom. The van der Waals surface area contributed by atoms with Gasteiger partial charge in [-0.3, -0.25) is 4.79 Å². The number of benzene rings is 1. The van der Waals surface area contributed by atoms with Crippen LogP contribution < -0.4 is 0 Å². The number of oxime groups is 1. The van der Waals surface area contributed by atoms with Crippen LogP contribution in [0.15, 0.2) is 29.4 Å². The van der Waals surface area contributed by atoms with Crippen LogP contribution in [0.4, 0.5) is 0 Å². The van der Waals surface area contributed by atoms with Gasteiger partial charge < -0.3 is 9.94 Å². The zero-order chi connectivity index (χ0) is 11.3. The first-order valence-corrected chi connectivity index (χ1v) is 4.13. The molecular weight excluding hydrogens is 198 g/mol. The van der Waals surface area contributed by atoms with Crippen LogP contribution in [-0.4, -0.2) is 23.1 Å². The molecule has 0 heterocycles. The number of nitrogens with zero attached hydrogens (tertiary/aromatic N) is 1. The van der Waals surface area contributed by atoms with E-state index in [2.05, 4.69) is 9.99 Å². The molecule has 0 radical (unpaired) electrons. The van der Waals surface area contributed by atoms with E-state index in [-0.39, 0.29) is 11.5 Å². The Morgan fingerprint density at radius 2 is 2.00 bits per heavy atom. The van der Waals surface area contributed by atoms with Gasteiger partial charge in [-0.25, -0.2) is 4.79 Å². The summed E-state index contributed by atoms with van der Waals surface area (Å²) in [5.41, 5.74) is 0.453. The number of carbonyl (C=O) groups is 2. The van der Waals surface area contributed by atoms with Crippen molar-refractivity contribution in [1.82, 2.24) is 0 Å². The predicted octanol–water partition coefficient (Wildman–Crippen LogP) is 0.858. The highest BCUT2D eigenvalue weighted by molar-refractivity contribution is 6.36. The highest BCUT2D eigenvalue weighted by Gasteiger charge is 2.03. The van der Waals surface area contributed by atoms with Gasteiger partial charge in [0, 0.05) is 12.5 Å². The van der Waals surface area contributed by atoms with E-state index >= 15 is 0 Å². The summed E-state index contributed by atoms with van der Waals surface area (Å²) in [5, 5.41) is 12.4. The van der Waals surface area contributed by atoms with Crippen molar-refractivity contribution in [1.29, 1.82) is 0 Å². The molecule has 0 saturated carbocycles. The van der Waals surface area contributed by atoms with Crippen LogP contribution in [0.3, 0.4) is 0 Å². The Kier molecular flexibility index (Phi) is 3.56. The van der Waals surface area contributed by atoms with Crippen molar-refractivity contribution in [3.05, 3.63) is 29.8 Å². The Hall–Kier alpha value is -2.17. The lowest BCUT2D eigenvalue weighted by molar-refractivity contribution is -0.140. The number of phenols is 1. The maximum absolute atomic E-state index is 10.6. The van der Waals surface area contributed by atoms with Gasteiger partial charge in [0.15, 0.2) is 6.29 Å². The largest absolute Gasteiger partial charge is 0.508 e. The number of phenolic OH excluding ortho intramolecular Hbond substituents is 1. The maximum Gasteiger partial charge on any atom is 0.332 e. The molecule has 5 heteroatoms. The molecule has 1 aromatic carbocycles. The molecule has 0 atom stereocenters. The second-order valence-electron chi connectivity index (χ2n) is 2.72. The van der Waals surface area contributed by atoms with Gasteiger partial charge in [-0.2, -0.15) is 0 Å². The monoisotopic (exact) mass is 207 g/mol. The summed E-state index contributed by atoms with van der Waals surface area (Å²) in [6.45, 7) is 1.18. The zero-order valence-electron chi connectivity index (χ0n) is 8.01. The quantitative estimate of drug-likeness (QED) is 0.345. The maximum atomic E-state index is 10.6. The van der Waals surface area contributed by atoms with Crippen LogP contribution in [-0.2, 0) is 14.4 Å². The molecule has 0 bridgehead atoms. The fourth-order valence-electron chi connectivity index (χ4n) is 0.888. The second kappa shape index (κ2) is 4.90. The summed E-state index contributed by atoms with van der Waals surface area (Å²) in [7, 11) is 0. The van der Waals surface area contributed by atoms with Gasteiger partial charge in [-0.15, -0.1) is 0 Å². The van der Waals surface area contributed by atoms with E-state index < -0.39 is 5.97 Å². The molecule has 0 aromatic heterocycles. The number of aldehydes is 1. The number of rotatable bonds is 3. The normalized spacial score (nSPS) is 10.9. The van der Waals surface area contributed by atoms with Crippen molar-refractivity contribution in [2.24, 2.45) is 5.16 Å². The van der Waals surface area contributed by atoms with Crippen LogP contribution in [0.5, 0.6) is 5.75 Å². The van der Waals surface area contributed by atoms with Crippen molar-refractivity contribution >= 4 is 18.0 Å². The van der Waals surface area contributed by atoms with E-state index in [1.165, 1.54) is 31.2 Å². The lowest BCUT2D eigenvalue weighted by Crippen LogP contribution is -2.04. The van der Waals surface area contributed by atoms with Gasteiger partial charge in [0.25, 0.3) is 0 Å². The van der Waals surface area contributed by atoms with Crippen molar-refractivity contribution < 1.29 is 19.5 Å². The van der Waals surface area contributed by atoms with Gasteiger partial charge in [0.1, 0.15) is 11.5 Å². The van der Waals surface area contributed by atoms with Crippen molar-refractivity contribution in [2.75, 3.05) is 0 Å². The fraction of sp³-hybridized carbons (Fsp3) is 0.100. The summed E-state index contributed by atoms with van der Waals surface area (Å²) in [4.78, 5) is 25.4. The molecule has 1 rings (SSSR count). The van der Waals surface area contributed by atoms with Crippen molar-refractivity contribution in [3.8, 4) is 5.75 Å². The first-order valence-electron chi connectivity index (χ1n) is 4.13. The minimum Gasteiger partial charge on any atom is -0.508 e. The highest BCUT2D eigenvalue weighted by atomic mass is 16.7. The van der Waals surface area contributed by atoms with Gasteiger partial charge >= 0.3 is 5.97 Å². The Labute approximate surface area is 86.0 Å². The van der Waals surface area contributed by atoms with E-state index in [9.17, 15) is 9.59 Å². The van der Waals surface area contributed by atoms with Gasteiger partial charge in [0.2, 0.25) is 0 Å². The van der Waals surface area contributed by atoms with Gasteiger partial charge in [-0.05, 0) is 24.3 Å². The van der Waals surface area contributed by atoms with Crippen LogP contribution in [0.1, 0.15) is 12.5 Å². The van der Waals surface area contributed by atoms with E-state index in [1.807, 2.05) is 0 Å². The Balaban J connectivity index is 2.92. The Bertz CT molecular complexity index is 394. The van der Waals surface area contributed by atoms with Crippen LogP contribution >= 0.6 is 0 Å². The minimum atomic E-state index is -0.604. The van der Waals surface area contributed by atoms with Crippen molar-refractivity contribution in [2.45, 2.75) is 6.92 Å². The summed E-state index contributed by atoms with van der Waals surface area (Å²) < 4.78 is 0. The van der Waals surface area contributed by atoms with E-state index in [4.69, 9.17) is 5.11 Å². The molecule has 0 aliphatic carbocycles. The van der Waals surface area contributed by atoms with E-state index in [0.29, 0.717) is 11.8 Å². The second-order valence-corrected chi connectivity index (χ2v) is 2.72. The lowest BCUT2D eigenvalue weighted by Gasteiger charge is -1.98. The van der Waals surface area contributed by atoms with Crippen LogP contribution in [0.2, 0.25) is 0 Å². The average Bonchev–Trinajstić information content (AvgIpc) is 2.21. The molecule has 15 heavy (non-hydrogen) atoms. The third-order valence-corrected chi connectivity index (χ3v) is 1.55. The number of carbonyl (C=O) groups excluding carboxylic acids is 2. The number of hydrogen-bond acceptors (Lipinski definition) is 5. The van der Waals surface area contributed by atoms with E-state index in [0.717, 1.165) is 0 Å². The molecular formula is C10H9NO4. The molecule has 1 N–H and O–H groups in total. The van der Waals surface area contributed by atoms with E-state index in [1.54, 1.807) is 0 Å². The Morgan fingerprint density at radius 3 is 2.47 bits per heavy atom. The van der Waals surface area contributed by atoms with Gasteiger partial charge in [-0.1, -0.05) is 5.16 Å². The first-order chi connectivity index (χ1) is 7.13. The standard InChI is InChI=1S/C10H9NO4/c1-7(13)15-11-10(6-12)8-2-4-9(14)5-3-8/h2-6,14H,1H3/b11-10+. The molecule has 0 fully saturated rings. The number of hydrogen-bond donors (Lipinski definition) is 1. The molecule has 5 nitrogen and oxygen atoms in total. The summed E-state index contributed by atoms with van der Waals surface area (Å²) in [5.74, 6) is -0.524. The molecule has 0 aliphatic heterocycles. The minimum absolute atomic E-state index is 0.00907. The SMILES string of the molecule is CC(=O)O/N=C(\C=O)c1ccc(O)cc1. The highest BCUT2D eigenvalue weighted by Crippen LogP contribution is 2.10. The molecule has 78 valence electrons. The molecule has 0 aliphatic rings. The number of aromatic hydroxyl groups is 1. The van der Waals surface area contributed by atoms with Crippen LogP contribution in [0.25, 0.3) is 0 Å². The third-order valence-electron chi connectivity index (χ3n) is 1.55. The smallest absolute Gasteiger partial charge is 0.332 e. The predicted molar refractivity (Wildman–Crippen MR) is 52.5 cm³/mol. The molecule has 0 unspecified atom stereocenters. The van der Waals surface area contributed by atoms with Crippen molar-refractivity contribution in [3.63, 3.8) is 0 Å². The molecule has 0 saturated heterocycles. The van der Waals surface area contributed by atoms with Crippen LogP contribution in [0, 0.1) is 0 Å². The summed E-state index contributed by atoms with van der Waals surface area (Å²) in [6, 6.07) is 5.79. The molecule has 1 aromatic rings. The summed E-state index contributed by atoms with van der Waals surface area (Å²) >= 11 is 0. The zero-order valence-corrected chi connectivity index (χ0v) is 8.01. The fourth-order valence-corrected chi connectivity index (χ4v) is 0.888. The molecule has 0 amide bonds. The lowest BCUT2D eigenvalue weighted by atomic mass is 10.1. The average molecular weight is 207 g/mol. The van der Waals surface area contributed by atoms with Gasteiger partial charge in [0.05, 0.1) is 0 Å². The summed E-state index contributed by atoms with van der Waals surface area (Å²) in [6.07, 6.45) is 0.468.